The number of carbonyl (C=O) groups is 1. The first-order valence-electron chi connectivity index (χ1n) is 7.67. The predicted octanol–water partition coefficient (Wildman–Crippen LogP) is 3.40. The van der Waals surface area contributed by atoms with E-state index in [1.165, 1.54) is 6.20 Å². The van der Waals surface area contributed by atoms with Crippen LogP contribution in [0.3, 0.4) is 0 Å². The molecule has 0 bridgehead atoms. The fourth-order valence-corrected chi connectivity index (χ4v) is 2.71. The summed E-state index contributed by atoms with van der Waals surface area (Å²) in [6.45, 7) is 2.64. The van der Waals surface area contributed by atoms with Gasteiger partial charge in [0.05, 0.1) is 18.2 Å². The number of nitrogens with two attached hydrogens (primary N) is 1. The molecule has 0 saturated heterocycles. The van der Waals surface area contributed by atoms with Crippen LogP contribution < -0.4 is 16.4 Å². The normalized spacial score (nSPS) is 12.0. The zero-order valence-electron chi connectivity index (χ0n) is 14.1. The minimum absolute atomic E-state index is 0. The maximum absolute atomic E-state index is 11.8. The summed E-state index contributed by atoms with van der Waals surface area (Å²) in [5.41, 5.74) is 7.24. The van der Waals surface area contributed by atoms with Crippen LogP contribution in [0.25, 0.3) is 0 Å². The van der Waals surface area contributed by atoms with Crippen molar-refractivity contribution in [2.45, 2.75) is 13.0 Å². The van der Waals surface area contributed by atoms with E-state index < -0.39 is 0 Å². The topological polar surface area (TPSA) is 92.4 Å². The van der Waals surface area contributed by atoms with Gasteiger partial charge in [-0.3, -0.25) is 14.8 Å². The molecule has 1 atom stereocenters. The molecule has 0 aliphatic carbocycles. The summed E-state index contributed by atoms with van der Waals surface area (Å²) in [6.07, 6.45) is 3.12. The van der Waals surface area contributed by atoms with Crippen LogP contribution in [0.4, 0.5) is 0 Å². The second-order valence-electron chi connectivity index (χ2n) is 5.30. The average Bonchev–Trinajstić information content (AvgIpc) is 2.59. The number of pyridine rings is 1. The zero-order chi connectivity index (χ0) is 18.2. The molecule has 0 spiro atoms. The van der Waals surface area contributed by atoms with E-state index in [0.29, 0.717) is 28.7 Å². The van der Waals surface area contributed by atoms with Gasteiger partial charge in [0.25, 0.3) is 5.91 Å². The Kier molecular flexibility index (Phi) is 9.68. The first kappa shape index (κ1) is 22.5. The van der Waals surface area contributed by atoms with Crippen LogP contribution in [0.15, 0.2) is 47.7 Å². The van der Waals surface area contributed by atoms with Gasteiger partial charge in [0, 0.05) is 29.0 Å². The highest BCUT2D eigenvalue weighted by atomic mass is 127. The smallest absolute Gasteiger partial charge is 0.252 e. The van der Waals surface area contributed by atoms with Crippen LogP contribution in [0, 0.1) is 0 Å². The first-order valence-corrected chi connectivity index (χ1v) is 8.42. The molecule has 1 aromatic heterocycles. The number of nitrogens with zero attached hydrogens (tertiary/aromatic N) is 2. The SMILES string of the molecule is CC(NC(N)=NCCNC(=O)c1cccnc1)c1ccc(Cl)cc1Cl.I. The van der Waals surface area contributed by atoms with Gasteiger partial charge in [0.1, 0.15) is 0 Å². The number of hydrogen-bond acceptors (Lipinski definition) is 3. The third kappa shape index (κ3) is 6.97. The van der Waals surface area contributed by atoms with Gasteiger partial charge in [0.15, 0.2) is 5.96 Å². The molecule has 4 N–H and O–H groups in total. The molecule has 140 valence electrons. The Balaban J connectivity index is 0.00000338. The third-order valence-corrected chi connectivity index (χ3v) is 3.96. The third-order valence-electron chi connectivity index (χ3n) is 3.40. The van der Waals surface area contributed by atoms with Crippen molar-refractivity contribution < 1.29 is 4.79 Å². The molecule has 26 heavy (non-hydrogen) atoms. The Morgan fingerprint density at radius 2 is 2.12 bits per heavy atom. The number of aromatic nitrogens is 1. The van der Waals surface area contributed by atoms with Gasteiger partial charge >= 0.3 is 0 Å². The van der Waals surface area contributed by atoms with Crippen LogP contribution in [-0.4, -0.2) is 29.9 Å². The molecule has 1 amide bonds. The van der Waals surface area contributed by atoms with Crippen LogP contribution in [-0.2, 0) is 0 Å². The molecular formula is C17H20Cl2IN5O. The van der Waals surface area contributed by atoms with E-state index in [4.69, 9.17) is 28.9 Å². The quantitative estimate of drug-likeness (QED) is 0.242. The van der Waals surface area contributed by atoms with E-state index in [2.05, 4.69) is 20.6 Å². The van der Waals surface area contributed by atoms with E-state index in [0.717, 1.165) is 5.56 Å². The van der Waals surface area contributed by atoms with Gasteiger partial charge in [-0.05, 0) is 36.8 Å². The van der Waals surface area contributed by atoms with Crippen molar-refractivity contribution in [3.8, 4) is 0 Å². The van der Waals surface area contributed by atoms with Crippen molar-refractivity contribution in [3.63, 3.8) is 0 Å². The van der Waals surface area contributed by atoms with Crippen molar-refractivity contribution in [1.82, 2.24) is 15.6 Å². The highest BCUT2D eigenvalue weighted by Crippen LogP contribution is 2.25. The van der Waals surface area contributed by atoms with Crippen LogP contribution >= 0.6 is 47.2 Å². The van der Waals surface area contributed by atoms with Gasteiger partial charge in [0.2, 0.25) is 0 Å². The van der Waals surface area contributed by atoms with Crippen molar-refractivity contribution >= 4 is 59.0 Å². The molecule has 9 heteroatoms. The van der Waals surface area contributed by atoms with Crippen molar-refractivity contribution in [2.24, 2.45) is 10.7 Å². The Morgan fingerprint density at radius 3 is 2.77 bits per heavy atom. The summed E-state index contributed by atoms with van der Waals surface area (Å²) >= 11 is 12.1. The van der Waals surface area contributed by atoms with Gasteiger partial charge < -0.3 is 16.4 Å². The number of benzene rings is 1. The molecule has 6 nitrogen and oxygen atoms in total. The molecule has 1 heterocycles. The molecule has 0 aliphatic heterocycles. The lowest BCUT2D eigenvalue weighted by Gasteiger charge is -2.16. The highest BCUT2D eigenvalue weighted by Gasteiger charge is 2.10. The van der Waals surface area contributed by atoms with E-state index in [1.807, 2.05) is 13.0 Å². The molecule has 0 radical (unpaired) electrons. The highest BCUT2D eigenvalue weighted by molar-refractivity contribution is 14.0. The van der Waals surface area contributed by atoms with Crippen LogP contribution in [0.1, 0.15) is 28.9 Å². The van der Waals surface area contributed by atoms with E-state index in [-0.39, 0.29) is 41.9 Å². The maximum atomic E-state index is 11.8. The number of carbonyl (C=O) groups excluding carboxylic acids is 1. The fraction of sp³-hybridized carbons (Fsp3) is 0.235. The fourth-order valence-electron chi connectivity index (χ4n) is 2.14. The van der Waals surface area contributed by atoms with Crippen molar-refractivity contribution in [1.29, 1.82) is 0 Å². The number of guanidine groups is 1. The van der Waals surface area contributed by atoms with E-state index >= 15 is 0 Å². The number of halogens is 3. The Hall–Kier alpha value is -1.58. The summed E-state index contributed by atoms with van der Waals surface area (Å²) in [5, 5.41) is 6.94. The lowest BCUT2D eigenvalue weighted by atomic mass is 10.1. The molecule has 0 saturated carbocycles. The summed E-state index contributed by atoms with van der Waals surface area (Å²) < 4.78 is 0. The summed E-state index contributed by atoms with van der Waals surface area (Å²) in [4.78, 5) is 19.9. The van der Waals surface area contributed by atoms with Gasteiger partial charge in [-0.25, -0.2) is 0 Å². The van der Waals surface area contributed by atoms with Crippen LogP contribution in [0.2, 0.25) is 10.0 Å². The molecule has 1 unspecified atom stereocenters. The molecule has 1 aromatic carbocycles. The first-order chi connectivity index (χ1) is 12.0. The number of nitrogens with one attached hydrogen (secondary N) is 2. The predicted molar refractivity (Wildman–Crippen MR) is 116 cm³/mol. The molecular weight excluding hydrogens is 488 g/mol. The second-order valence-corrected chi connectivity index (χ2v) is 6.14. The summed E-state index contributed by atoms with van der Waals surface area (Å²) in [5.74, 6) is 0.0743. The zero-order valence-corrected chi connectivity index (χ0v) is 17.9. The van der Waals surface area contributed by atoms with Crippen molar-refractivity contribution in [2.75, 3.05) is 13.1 Å². The monoisotopic (exact) mass is 507 g/mol. The molecule has 2 rings (SSSR count). The second kappa shape index (κ2) is 11.2. The average molecular weight is 508 g/mol. The van der Waals surface area contributed by atoms with Gasteiger partial charge in [-0.15, -0.1) is 24.0 Å². The molecule has 0 fully saturated rings. The lowest BCUT2D eigenvalue weighted by molar-refractivity contribution is 0.0954. The van der Waals surface area contributed by atoms with E-state index in [9.17, 15) is 4.79 Å². The summed E-state index contributed by atoms with van der Waals surface area (Å²) in [6, 6.07) is 8.56. The van der Waals surface area contributed by atoms with Crippen molar-refractivity contribution in [3.05, 3.63) is 63.9 Å². The minimum atomic E-state index is -0.198. The largest absolute Gasteiger partial charge is 0.370 e. The van der Waals surface area contributed by atoms with Gasteiger partial charge in [-0.1, -0.05) is 29.3 Å². The van der Waals surface area contributed by atoms with E-state index in [1.54, 1.807) is 30.5 Å². The van der Waals surface area contributed by atoms with Gasteiger partial charge in [-0.2, -0.15) is 0 Å². The maximum Gasteiger partial charge on any atom is 0.252 e. The minimum Gasteiger partial charge on any atom is -0.370 e. The number of aliphatic imine (C=N–C) groups is 1. The van der Waals surface area contributed by atoms with Crippen LogP contribution in [0.5, 0.6) is 0 Å². The summed E-state index contributed by atoms with van der Waals surface area (Å²) in [7, 11) is 0. The number of amides is 1. The number of hydrogen-bond donors (Lipinski definition) is 3. The number of rotatable bonds is 6. The molecule has 0 aliphatic rings. The Bertz CT molecular complexity index is 758. The Morgan fingerprint density at radius 1 is 1.35 bits per heavy atom. The molecule has 2 aromatic rings. The lowest BCUT2D eigenvalue weighted by Crippen LogP contribution is -2.35. The Labute approximate surface area is 179 Å². The standard InChI is InChI=1S/C17H19Cl2N5O.HI/c1-11(14-5-4-13(18)9-15(14)19)24-17(20)23-8-7-22-16(25)12-3-2-6-21-10-12;/h2-6,9-11H,7-8H2,1H3,(H,22,25)(H3,20,23,24);1H.